The lowest BCUT2D eigenvalue weighted by Crippen LogP contribution is -2.32. The molecule has 5 heteroatoms. The van der Waals surface area contributed by atoms with Crippen molar-refractivity contribution in [2.45, 2.75) is 32.1 Å². The van der Waals surface area contributed by atoms with E-state index < -0.39 is 11.6 Å². The van der Waals surface area contributed by atoms with Gasteiger partial charge in [0.25, 0.3) is 0 Å². The SMILES string of the molecule is O=C(CCNc1ccc(F)c(F)c1)N1CCCCCC1. The van der Waals surface area contributed by atoms with E-state index in [1.165, 1.54) is 18.9 Å². The molecule has 0 unspecified atom stereocenters. The summed E-state index contributed by atoms with van der Waals surface area (Å²) in [4.78, 5) is 13.9. The fourth-order valence-electron chi connectivity index (χ4n) is 2.40. The van der Waals surface area contributed by atoms with Crippen molar-refractivity contribution in [2.75, 3.05) is 25.0 Å². The molecule has 3 nitrogen and oxygen atoms in total. The second-order valence-electron chi connectivity index (χ2n) is 5.10. The molecule has 20 heavy (non-hydrogen) atoms. The highest BCUT2D eigenvalue weighted by atomic mass is 19.2. The molecule has 0 bridgehead atoms. The minimum atomic E-state index is -0.881. The third-order valence-corrected chi connectivity index (χ3v) is 3.55. The van der Waals surface area contributed by atoms with E-state index in [2.05, 4.69) is 5.32 Å². The second-order valence-corrected chi connectivity index (χ2v) is 5.10. The quantitative estimate of drug-likeness (QED) is 0.920. The Hall–Kier alpha value is -1.65. The first kappa shape index (κ1) is 14.8. The Morgan fingerprint density at radius 1 is 1.10 bits per heavy atom. The summed E-state index contributed by atoms with van der Waals surface area (Å²) < 4.78 is 25.8. The van der Waals surface area contributed by atoms with Gasteiger partial charge < -0.3 is 10.2 Å². The minimum Gasteiger partial charge on any atom is -0.384 e. The number of nitrogens with zero attached hydrogens (tertiary/aromatic N) is 1. The molecule has 1 amide bonds. The summed E-state index contributed by atoms with van der Waals surface area (Å²) in [6.45, 7) is 2.11. The van der Waals surface area contributed by atoms with Crippen molar-refractivity contribution < 1.29 is 13.6 Å². The van der Waals surface area contributed by atoms with Crippen LogP contribution >= 0.6 is 0 Å². The van der Waals surface area contributed by atoms with Gasteiger partial charge in [-0.3, -0.25) is 4.79 Å². The van der Waals surface area contributed by atoms with Crippen molar-refractivity contribution in [3.63, 3.8) is 0 Å². The van der Waals surface area contributed by atoms with E-state index in [1.807, 2.05) is 4.90 Å². The van der Waals surface area contributed by atoms with Crippen LogP contribution in [0.5, 0.6) is 0 Å². The maximum Gasteiger partial charge on any atom is 0.224 e. The lowest BCUT2D eigenvalue weighted by Gasteiger charge is -2.20. The minimum absolute atomic E-state index is 0.127. The van der Waals surface area contributed by atoms with Crippen LogP contribution in [0, 0.1) is 11.6 Å². The van der Waals surface area contributed by atoms with Crippen molar-refractivity contribution in [1.29, 1.82) is 0 Å². The molecule has 1 aliphatic heterocycles. The molecule has 0 radical (unpaired) electrons. The van der Waals surface area contributed by atoms with Gasteiger partial charge in [-0.1, -0.05) is 12.8 Å². The Labute approximate surface area is 118 Å². The monoisotopic (exact) mass is 282 g/mol. The van der Waals surface area contributed by atoms with Gasteiger partial charge in [0.15, 0.2) is 11.6 Å². The summed E-state index contributed by atoms with van der Waals surface area (Å²) in [6.07, 6.45) is 4.90. The number of nitrogens with one attached hydrogen (secondary N) is 1. The van der Waals surface area contributed by atoms with E-state index in [9.17, 15) is 13.6 Å². The van der Waals surface area contributed by atoms with E-state index >= 15 is 0 Å². The first-order valence-corrected chi connectivity index (χ1v) is 7.13. The summed E-state index contributed by atoms with van der Waals surface area (Å²) in [6, 6.07) is 3.65. The number of benzene rings is 1. The number of hydrogen-bond acceptors (Lipinski definition) is 2. The number of amides is 1. The number of carbonyl (C=O) groups is 1. The average molecular weight is 282 g/mol. The highest BCUT2D eigenvalue weighted by Gasteiger charge is 2.14. The van der Waals surface area contributed by atoms with Crippen molar-refractivity contribution in [3.05, 3.63) is 29.8 Å². The Balaban J connectivity index is 1.76. The number of rotatable bonds is 4. The molecule has 1 aliphatic rings. The second kappa shape index (κ2) is 7.22. The van der Waals surface area contributed by atoms with Gasteiger partial charge in [-0.25, -0.2) is 8.78 Å². The third kappa shape index (κ3) is 4.18. The fraction of sp³-hybridized carbons (Fsp3) is 0.533. The lowest BCUT2D eigenvalue weighted by atomic mass is 10.2. The van der Waals surface area contributed by atoms with Crippen LogP contribution in [0.1, 0.15) is 32.1 Å². The number of carbonyl (C=O) groups excluding carboxylic acids is 1. The number of halogens is 2. The molecule has 1 aromatic rings. The first-order valence-electron chi connectivity index (χ1n) is 7.13. The maximum absolute atomic E-state index is 13.0. The zero-order valence-corrected chi connectivity index (χ0v) is 11.5. The highest BCUT2D eigenvalue weighted by Crippen LogP contribution is 2.14. The molecule has 1 heterocycles. The van der Waals surface area contributed by atoms with Crippen LogP contribution in [0.3, 0.4) is 0 Å². The van der Waals surface area contributed by atoms with Crippen LogP contribution in [0.4, 0.5) is 14.5 Å². The molecule has 0 saturated carbocycles. The molecule has 0 spiro atoms. The topological polar surface area (TPSA) is 32.3 Å². The Kier molecular flexibility index (Phi) is 5.32. The molecule has 1 aromatic carbocycles. The van der Waals surface area contributed by atoms with Gasteiger partial charge in [-0.05, 0) is 31.0 Å². The molecule has 110 valence electrons. The van der Waals surface area contributed by atoms with E-state index in [0.29, 0.717) is 18.7 Å². The Morgan fingerprint density at radius 3 is 2.45 bits per heavy atom. The zero-order chi connectivity index (χ0) is 14.4. The van der Waals surface area contributed by atoms with Gasteiger partial charge in [0.2, 0.25) is 5.91 Å². The van der Waals surface area contributed by atoms with Crippen LogP contribution in [0.25, 0.3) is 0 Å². The van der Waals surface area contributed by atoms with Crippen LogP contribution in [-0.4, -0.2) is 30.4 Å². The van der Waals surface area contributed by atoms with Gasteiger partial charge in [0.05, 0.1) is 0 Å². The predicted octanol–water partition coefficient (Wildman–Crippen LogP) is 3.17. The van der Waals surface area contributed by atoms with E-state index in [-0.39, 0.29) is 5.91 Å². The van der Waals surface area contributed by atoms with Gasteiger partial charge in [-0.2, -0.15) is 0 Å². The summed E-state index contributed by atoms with van der Waals surface area (Å²) in [5, 5.41) is 2.94. The summed E-state index contributed by atoms with van der Waals surface area (Å²) in [5.41, 5.74) is 0.493. The lowest BCUT2D eigenvalue weighted by molar-refractivity contribution is -0.130. The van der Waals surface area contributed by atoms with Crippen molar-refractivity contribution in [3.8, 4) is 0 Å². The standard InChI is InChI=1S/C15H20F2N2O/c16-13-6-5-12(11-14(13)17)18-8-7-15(20)19-9-3-1-2-4-10-19/h5-6,11,18H,1-4,7-10H2. The van der Waals surface area contributed by atoms with Crippen molar-refractivity contribution >= 4 is 11.6 Å². The Morgan fingerprint density at radius 2 is 1.80 bits per heavy atom. The van der Waals surface area contributed by atoms with Gasteiger partial charge in [0.1, 0.15) is 0 Å². The molecule has 0 atom stereocenters. The van der Waals surface area contributed by atoms with Crippen molar-refractivity contribution in [2.24, 2.45) is 0 Å². The van der Waals surface area contributed by atoms with Gasteiger partial charge >= 0.3 is 0 Å². The van der Waals surface area contributed by atoms with Crippen LogP contribution in [0.2, 0.25) is 0 Å². The van der Waals surface area contributed by atoms with Gasteiger partial charge in [0, 0.05) is 31.7 Å². The highest BCUT2D eigenvalue weighted by molar-refractivity contribution is 5.76. The molecular weight excluding hydrogens is 262 g/mol. The smallest absolute Gasteiger partial charge is 0.224 e. The van der Waals surface area contributed by atoms with Gasteiger partial charge in [-0.15, -0.1) is 0 Å². The summed E-state index contributed by atoms with van der Waals surface area (Å²) in [5.74, 6) is -1.62. The fourth-order valence-corrected chi connectivity index (χ4v) is 2.40. The number of likely N-dealkylation sites (tertiary alicyclic amines) is 1. The zero-order valence-electron chi connectivity index (χ0n) is 11.5. The van der Waals surface area contributed by atoms with E-state index in [4.69, 9.17) is 0 Å². The molecular formula is C15H20F2N2O. The predicted molar refractivity (Wildman–Crippen MR) is 74.5 cm³/mol. The molecule has 1 saturated heterocycles. The number of anilines is 1. The van der Waals surface area contributed by atoms with Crippen LogP contribution < -0.4 is 5.32 Å². The molecule has 0 aromatic heterocycles. The summed E-state index contributed by atoms with van der Waals surface area (Å²) in [7, 11) is 0. The number of hydrogen-bond donors (Lipinski definition) is 1. The Bertz CT molecular complexity index is 457. The third-order valence-electron chi connectivity index (χ3n) is 3.55. The largest absolute Gasteiger partial charge is 0.384 e. The van der Waals surface area contributed by atoms with E-state index in [0.717, 1.165) is 38.1 Å². The molecule has 2 rings (SSSR count). The average Bonchev–Trinajstić information content (AvgIpc) is 2.71. The molecule has 0 aliphatic carbocycles. The summed E-state index contributed by atoms with van der Waals surface area (Å²) >= 11 is 0. The molecule has 1 N–H and O–H groups in total. The van der Waals surface area contributed by atoms with Crippen molar-refractivity contribution in [1.82, 2.24) is 4.90 Å². The van der Waals surface area contributed by atoms with Crippen LogP contribution in [-0.2, 0) is 4.79 Å². The van der Waals surface area contributed by atoms with E-state index in [1.54, 1.807) is 0 Å². The normalized spacial score (nSPS) is 15.8. The maximum atomic E-state index is 13.0. The first-order chi connectivity index (χ1) is 9.66. The van der Waals surface area contributed by atoms with Crippen LogP contribution in [0.15, 0.2) is 18.2 Å². The molecule has 1 fully saturated rings.